The van der Waals surface area contributed by atoms with Crippen molar-refractivity contribution in [2.24, 2.45) is 16.8 Å². The van der Waals surface area contributed by atoms with Crippen LogP contribution in [-0.2, 0) is 0 Å². The molecule has 0 aromatic carbocycles. The fourth-order valence-electron chi connectivity index (χ4n) is 3.88. The van der Waals surface area contributed by atoms with Crippen LogP contribution >= 0.6 is 0 Å². The van der Waals surface area contributed by atoms with Crippen molar-refractivity contribution in [2.75, 3.05) is 20.1 Å². The first-order valence-electron chi connectivity index (χ1n) is 8.37. The molecule has 1 saturated heterocycles. The first-order chi connectivity index (χ1) is 11.8. The van der Waals surface area contributed by atoms with Crippen molar-refractivity contribution in [3.63, 3.8) is 0 Å². The lowest BCUT2D eigenvalue weighted by atomic mass is 9.73. The van der Waals surface area contributed by atoms with Crippen molar-refractivity contribution in [1.82, 2.24) is 20.1 Å². The summed E-state index contributed by atoms with van der Waals surface area (Å²) in [6, 6.07) is 6.49. The highest BCUT2D eigenvalue weighted by atomic mass is 15.2. The summed E-state index contributed by atoms with van der Waals surface area (Å²) < 4.78 is 0. The third kappa shape index (κ3) is 2.51. The maximum Gasteiger partial charge on any atom is 0.151 e. The number of hydrogen-bond acceptors (Lipinski definition) is 5. The number of nitrogens with one attached hydrogen (secondary N) is 1. The number of hydrogen-bond donors (Lipinski definition) is 1. The van der Waals surface area contributed by atoms with E-state index in [4.69, 9.17) is 4.99 Å². The first kappa shape index (κ1) is 15.0. The molecule has 2 aromatic rings. The lowest BCUT2D eigenvalue weighted by molar-refractivity contribution is 0.249. The number of nitrogens with zero attached hydrogens (tertiary/aromatic N) is 5. The Bertz CT molecular complexity index is 779. The highest BCUT2D eigenvalue weighted by Crippen LogP contribution is 2.43. The Balaban J connectivity index is 1.77. The molecule has 1 N–H and O–H groups in total. The molecule has 0 amide bonds. The summed E-state index contributed by atoms with van der Waals surface area (Å²) in [6.07, 6.45) is 7.51. The van der Waals surface area contributed by atoms with E-state index in [1.807, 2.05) is 18.3 Å². The number of fused-ring (bicyclic) bond motifs is 1. The molecular weight excluding hydrogens is 300 g/mol. The molecule has 4 heterocycles. The van der Waals surface area contributed by atoms with Crippen LogP contribution in [0, 0.1) is 23.2 Å². The zero-order chi connectivity index (χ0) is 16.5. The van der Waals surface area contributed by atoms with Gasteiger partial charge in [0.05, 0.1) is 18.2 Å². The molecule has 0 saturated carbocycles. The van der Waals surface area contributed by atoms with Gasteiger partial charge in [-0.05, 0) is 44.6 Å². The van der Waals surface area contributed by atoms with Gasteiger partial charge in [0.25, 0.3) is 0 Å². The zero-order valence-corrected chi connectivity index (χ0v) is 13.7. The average Bonchev–Trinajstić information content (AvgIpc) is 3.09. The Labute approximate surface area is 141 Å². The summed E-state index contributed by atoms with van der Waals surface area (Å²) in [5.74, 6) is 0.850. The Morgan fingerprint density at radius 3 is 2.83 bits per heavy atom. The number of aromatic amines is 1. The summed E-state index contributed by atoms with van der Waals surface area (Å²) in [7, 11) is 2.14. The van der Waals surface area contributed by atoms with Gasteiger partial charge in [-0.2, -0.15) is 10.4 Å². The van der Waals surface area contributed by atoms with Gasteiger partial charge in [-0.25, -0.2) is 4.99 Å². The molecule has 122 valence electrons. The van der Waals surface area contributed by atoms with Crippen LogP contribution in [0.1, 0.15) is 29.9 Å². The molecule has 2 aromatic heterocycles. The minimum Gasteiger partial charge on any atom is -0.306 e. The van der Waals surface area contributed by atoms with Gasteiger partial charge in [0.15, 0.2) is 5.82 Å². The Kier molecular flexibility index (Phi) is 3.87. The molecule has 4 rings (SSSR count). The zero-order valence-electron chi connectivity index (χ0n) is 13.7. The second-order valence-corrected chi connectivity index (χ2v) is 6.66. The van der Waals surface area contributed by atoms with Crippen LogP contribution in [0.5, 0.6) is 0 Å². The molecule has 0 aliphatic carbocycles. The van der Waals surface area contributed by atoms with E-state index in [9.17, 15) is 5.26 Å². The van der Waals surface area contributed by atoms with Gasteiger partial charge >= 0.3 is 0 Å². The predicted molar refractivity (Wildman–Crippen MR) is 91.1 cm³/mol. The number of pyridine rings is 1. The van der Waals surface area contributed by atoms with E-state index in [0.29, 0.717) is 5.92 Å². The number of H-pyrrole nitrogens is 1. The van der Waals surface area contributed by atoms with Crippen molar-refractivity contribution in [2.45, 2.75) is 18.8 Å². The summed E-state index contributed by atoms with van der Waals surface area (Å²) in [4.78, 5) is 11.4. The van der Waals surface area contributed by atoms with Gasteiger partial charge in [-0.3, -0.25) is 10.1 Å². The first-order valence-corrected chi connectivity index (χ1v) is 8.37. The van der Waals surface area contributed by atoms with E-state index in [-0.39, 0.29) is 11.8 Å². The lowest BCUT2D eigenvalue weighted by Crippen LogP contribution is -2.38. The second-order valence-electron chi connectivity index (χ2n) is 6.66. The summed E-state index contributed by atoms with van der Waals surface area (Å²) in [5, 5.41) is 17.1. The summed E-state index contributed by atoms with van der Waals surface area (Å²) >= 11 is 0. The molecule has 6 heteroatoms. The Hall–Kier alpha value is -2.52. The quantitative estimate of drug-likeness (QED) is 0.922. The molecule has 6 nitrogen and oxygen atoms in total. The molecule has 1 fully saturated rings. The minimum absolute atomic E-state index is 0.0513. The maximum atomic E-state index is 9.95. The largest absolute Gasteiger partial charge is 0.306 e. The molecule has 0 bridgehead atoms. The van der Waals surface area contributed by atoms with Gasteiger partial charge in [0, 0.05) is 35.5 Å². The van der Waals surface area contributed by atoms with Crippen molar-refractivity contribution >= 4 is 11.5 Å². The predicted octanol–water partition coefficient (Wildman–Crippen LogP) is 2.50. The van der Waals surface area contributed by atoms with Crippen LogP contribution in [0.25, 0.3) is 0 Å². The van der Waals surface area contributed by atoms with E-state index in [0.717, 1.165) is 48.6 Å². The molecule has 0 spiro atoms. The van der Waals surface area contributed by atoms with E-state index in [1.54, 1.807) is 12.4 Å². The second kappa shape index (κ2) is 6.17. The number of nitriles is 1. The number of likely N-dealkylation sites (tertiary alicyclic amines) is 1. The van der Waals surface area contributed by atoms with E-state index < -0.39 is 0 Å². The summed E-state index contributed by atoms with van der Waals surface area (Å²) in [5.41, 5.74) is 3.05. The monoisotopic (exact) mass is 320 g/mol. The highest BCUT2D eigenvalue weighted by Gasteiger charge is 2.39. The molecule has 2 unspecified atom stereocenters. The van der Waals surface area contributed by atoms with Crippen LogP contribution < -0.4 is 0 Å². The van der Waals surface area contributed by atoms with Gasteiger partial charge < -0.3 is 4.90 Å². The Morgan fingerprint density at radius 2 is 2.12 bits per heavy atom. The van der Waals surface area contributed by atoms with Crippen LogP contribution in [0.4, 0.5) is 5.82 Å². The molecule has 2 atom stereocenters. The minimum atomic E-state index is -0.257. The van der Waals surface area contributed by atoms with Crippen molar-refractivity contribution in [1.29, 1.82) is 5.26 Å². The van der Waals surface area contributed by atoms with Crippen LogP contribution in [0.15, 0.2) is 35.7 Å². The Morgan fingerprint density at radius 1 is 1.29 bits per heavy atom. The van der Waals surface area contributed by atoms with Crippen LogP contribution in [0.3, 0.4) is 0 Å². The van der Waals surface area contributed by atoms with Crippen LogP contribution in [-0.4, -0.2) is 45.9 Å². The van der Waals surface area contributed by atoms with Crippen molar-refractivity contribution < 1.29 is 0 Å². The summed E-state index contributed by atoms with van der Waals surface area (Å²) in [6.45, 7) is 2.10. The fraction of sp³-hybridized carbons (Fsp3) is 0.444. The number of aliphatic imine (C=N–C) groups is 1. The highest BCUT2D eigenvalue weighted by molar-refractivity contribution is 5.96. The molecule has 0 radical (unpaired) electrons. The van der Waals surface area contributed by atoms with Gasteiger partial charge in [-0.1, -0.05) is 6.07 Å². The number of piperidine rings is 1. The normalized spacial score (nSPS) is 24.9. The average molecular weight is 320 g/mol. The number of rotatable bonds is 2. The van der Waals surface area contributed by atoms with Gasteiger partial charge in [0.2, 0.25) is 0 Å². The topological polar surface area (TPSA) is 81.0 Å². The van der Waals surface area contributed by atoms with Crippen LogP contribution in [0.2, 0.25) is 0 Å². The van der Waals surface area contributed by atoms with Crippen molar-refractivity contribution in [3.8, 4) is 6.07 Å². The number of aromatic nitrogens is 3. The van der Waals surface area contributed by atoms with Gasteiger partial charge in [-0.15, -0.1) is 0 Å². The maximum absolute atomic E-state index is 9.95. The SMILES string of the molecule is CN1CCC(C2=Nc3[nH]ncc3C(c3cccnc3)C2C#N)CC1. The lowest BCUT2D eigenvalue weighted by Gasteiger charge is -2.35. The van der Waals surface area contributed by atoms with E-state index in [2.05, 4.69) is 33.2 Å². The van der Waals surface area contributed by atoms with Crippen molar-refractivity contribution in [3.05, 3.63) is 41.9 Å². The molecule has 2 aliphatic heterocycles. The molecule has 24 heavy (non-hydrogen) atoms. The third-order valence-corrected chi connectivity index (χ3v) is 5.19. The smallest absolute Gasteiger partial charge is 0.151 e. The molecular formula is C18H20N6. The van der Waals surface area contributed by atoms with Gasteiger partial charge in [0.1, 0.15) is 0 Å². The fourth-order valence-corrected chi connectivity index (χ4v) is 3.88. The standard InChI is InChI=1S/C18H20N6/c1-24-7-4-12(5-8-24)17-14(9-19)16(13-3-2-6-20-10-13)15-11-21-23-18(15)22-17/h2-3,6,10-12,14,16H,4-5,7-8H2,1H3,(H,21,23). The third-order valence-electron chi connectivity index (χ3n) is 5.19. The van der Waals surface area contributed by atoms with E-state index >= 15 is 0 Å². The molecule has 2 aliphatic rings. The van der Waals surface area contributed by atoms with E-state index in [1.165, 1.54) is 0 Å².